The first kappa shape index (κ1) is 9.15. The molecule has 0 atom stereocenters. The smallest absolute Gasteiger partial charge is 0.163 e. The molecule has 0 aliphatic rings. The van der Waals surface area contributed by atoms with Gasteiger partial charge in [0.15, 0.2) is 11.6 Å². The van der Waals surface area contributed by atoms with Gasteiger partial charge < -0.3 is 0 Å². The molecule has 1 rings (SSSR count). The number of nitriles is 2. The van der Waals surface area contributed by atoms with E-state index in [-0.39, 0.29) is 17.5 Å². The largest absolute Gasteiger partial charge is 0.204 e. The van der Waals surface area contributed by atoms with Crippen LogP contribution in [0, 0.1) is 34.3 Å². The Balaban J connectivity index is 3.28. The summed E-state index contributed by atoms with van der Waals surface area (Å²) in [5.41, 5.74) is -0.0665. The lowest BCUT2D eigenvalue weighted by molar-refractivity contribution is 0.501. The highest BCUT2D eigenvalue weighted by atomic mass is 19.2. The minimum absolute atomic E-state index is 0.0177. The molecule has 1 aromatic rings. The van der Waals surface area contributed by atoms with Crippen LogP contribution in [0.2, 0.25) is 0 Å². The molecule has 0 spiro atoms. The van der Waals surface area contributed by atoms with Crippen molar-refractivity contribution in [2.75, 3.05) is 0 Å². The molecule has 0 bridgehead atoms. The lowest BCUT2D eigenvalue weighted by atomic mass is 10.1. The molecule has 0 saturated heterocycles. The third-order valence-corrected chi connectivity index (χ3v) is 1.50. The van der Waals surface area contributed by atoms with Gasteiger partial charge in [-0.05, 0) is 12.1 Å². The molecule has 0 heterocycles. The van der Waals surface area contributed by atoms with Crippen LogP contribution in [0.4, 0.5) is 8.78 Å². The minimum Gasteiger partial charge on any atom is -0.204 e. The van der Waals surface area contributed by atoms with Crippen LogP contribution < -0.4 is 0 Å². The van der Waals surface area contributed by atoms with Crippen molar-refractivity contribution in [3.63, 3.8) is 0 Å². The summed E-state index contributed by atoms with van der Waals surface area (Å²) in [7, 11) is 0. The van der Waals surface area contributed by atoms with Gasteiger partial charge in [-0.25, -0.2) is 8.78 Å². The van der Waals surface area contributed by atoms with Crippen molar-refractivity contribution < 1.29 is 8.78 Å². The molecule has 0 saturated carbocycles. The van der Waals surface area contributed by atoms with Gasteiger partial charge in [-0.2, -0.15) is 10.5 Å². The summed E-state index contributed by atoms with van der Waals surface area (Å²) >= 11 is 0. The van der Waals surface area contributed by atoms with Crippen LogP contribution in [-0.2, 0) is 6.42 Å². The average Bonchev–Trinajstić information content (AvgIpc) is 2.13. The van der Waals surface area contributed by atoms with E-state index in [1.807, 2.05) is 0 Å². The summed E-state index contributed by atoms with van der Waals surface area (Å²) in [6.45, 7) is 0. The molecule has 0 radical (unpaired) electrons. The Morgan fingerprint density at radius 3 is 2.46 bits per heavy atom. The van der Waals surface area contributed by atoms with E-state index >= 15 is 0 Å². The number of rotatable bonds is 1. The number of hydrogen-bond acceptors (Lipinski definition) is 2. The Hall–Kier alpha value is -1.94. The van der Waals surface area contributed by atoms with Crippen molar-refractivity contribution in [1.29, 1.82) is 10.5 Å². The molecule has 13 heavy (non-hydrogen) atoms. The minimum atomic E-state index is -1.09. The molecule has 0 aliphatic carbocycles. The fourth-order valence-corrected chi connectivity index (χ4v) is 0.924. The predicted octanol–water partition coefficient (Wildman–Crippen LogP) is 1.90. The van der Waals surface area contributed by atoms with Crippen molar-refractivity contribution in [3.05, 3.63) is 34.9 Å². The van der Waals surface area contributed by atoms with Gasteiger partial charge in [0, 0.05) is 5.56 Å². The van der Waals surface area contributed by atoms with E-state index in [9.17, 15) is 8.78 Å². The predicted molar refractivity (Wildman–Crippen MR) is 40.4 cm³/mol. The van der Waals surface area contributed by atoms with Crippen LogP contribution in [0.3, 0.4) is 0 Å². The maximum Gasteiger partial charge on any atom is 0.163 e. The van der Waals surface area contributed by atoms with Crippen LogP contribution in [0.25, 0.3) is 0 Å². The van der Waals surface area contributed by atoms with Gasteiger partial charge in [0.2, 0.25) is 0 Å². The molecular weight excluding hydrogens is 174 g/mol. The zero-order valence-corrected chi connectivity index (χ0v) is 6.51. The van der Waals surface area contributed by atoms with Gasteiger partial charge in [0.25, 0.3) is 0 Å². The standard InChI is InChI=1S/C9H4F2N2/c10-8-4-6(5-13)3-7(1-2-12)9(8)11/h3-4H,1H2. The third-order valence-electron chi connectivity index (χ3n) is 1.50. The first-order valence-electron chi connectivity index (χ1n) is 3.44. The quantitative estimate of drug-likeness (QED) is 0.659. The fraction of sp³-hybridized carbons (Fsp3) is 0.111. The lowest BCUT2D eigenvalue weighted by Gasteiger charge is -1.99. The van der Waals surface area contributed by atoms with E-state index < -0.39 is 11.6 Å². The van der Waals surface area contributed by atoms with Crippen LogP contribution in [0.5, 0.6) is 0 Å². The van der Waals surface area contributed by atoms with Crippen LogP contribution in [0.1, 0.15) is 11.1 Å². The van der Waals surface area contributed by atoms with Crippen LogP contribution in [0.15, 0.2) is 12.1 Å². The van der Waals surface area contributed by atoms with Gasteiger partial charge in [-0.1, -0.05) is 0 Å². The van der Waals surface area contributed by atoms with Gasteiger partial charge in [0.1, 0.15) is 0 Å². The second-order valence-electron chi connectivity index (χ2n) is 2.38. The monoisotopic (exact) mass is 178 g/mol. The molecule has 0 aromatic heterocycles. The number of nitrogens with zero attached hydrogens (tertiary/aromatic N) is 2. The van der Waals surface area contributed by atoms with Crippen molar-refractivity contribution in [3.8, 4) is 12.1 Å². The topological polar surface area (TPSA) is 47.6 Å². The Labute approximate surface area is 73.6 Å². The molecule has 0 aliphatic heterocycles. The SMILES string of the molecule is N#CCc1cc(C#N)cc(F)c1F. The maximum atomic E-state index is 12.9. The van der Waals surface area contributed by atoms with Crippen molar-refractivity contribution in [1.82, 2.24) is 0 Å². The third kappa shape index (κ3) is 1.80. The molecule has 1 aromatic carbocycles. The number of halogens is 2. The molecule has 0 amide bonds. The van der Waals surface area contributed by atoms with Gasteiger partial charge in [0.05, 0.1) is 24.1 Å². The highest BCUT2D eigenvalue weighted by Crippen LogP contribution is 2.14. The summed E-state index contributed by atoms with van der Waals surface area (Å²) in [5.74, 6) is -2.15. The Kier molecular flexibility index (Phi) is 2.56. The van der Waals surface area contributed by atoms with Crippen molar-refractivity contribution in [2.24, 2.45) is 0 Å². The summed E-state index contributed by atoms with van der Waals surface area (Å²) in [5, 5.41) is 16.7. The molecule has 0 unspecified atom stereocenters. The van der Waals surface area contributed by atoms with E-state index in [1.165, 1.54) is 6.07 Å². The summed E-state index contributed by atoms with van der Waals surface area (Å²) in [6.07, 6.45) is -0.238. The van der Waals surface area contributed by atoms with Gasteiger partial charge in [-0.3, -0.25) is 0 Å². The van der Waals surface area contributed by atoms with E-state index in [2.05, 4.69) is 0 Å². The first-order chi connectivity index (χ1) is 6.19. The summed E-state index contributed by atoms with van der Waals surface area (Å²) in [6, 6.07) is 5.34. The molecule has 0 N–H and O–H groups in total. The lowest BCUT2D eigenvalue weighted by Crippen LogP contribution is -1.94. The van der Waals surface area contributed by atoms with Crippen LogP contribution >= 0.6 is 0 Å². The summed E-state index contributed by atoms with van der Waals surface area (Å²) in [4.78, 5) is 0. The fourth-order valence-electron chi connectivity index (χ4n) is 0.924. The molecule has 64 valence electrons. The van der Waals surface area contributed by atoms with E-state index in [4.69, 9.17) is 10.5 Å². The molecular formula is C9H4F2N2. The Morgan fingerprint density at radius 2 is 1.92 bits per heavy atom. The zero-order valence-electron chi connectivity index (χ0n) is 6.51. The normalized spacial score (nSPS) is 8.92. The van der Waals surface area contributed by atoms with E-state index in [0.717, 1.165) is 6.07 Å². The zero-order chi connectivity index (χ0) is 9.84. The van der Waals surface area contributed by atoms with Crippen molar-refractivity contribution >= 4 is 0 Å². The Morgan fingerprint density at radius 1 is 1.23 bits per heavy atom. The van der Waals surface area contributed by atoms with E-state index in [1.54, 1.807) is 12.1 Å². The van der Waals surface area contributed by atoms with Crippen LogP contribution in [-0.4, -0.2) is 0 Å². The van der Waals surface area contributed by atoms with Crippen molar-refractivity contribution in [2.45, 2.75) is 6.42 Å². The second-order valence-corrected chi connectivity index (χ2v) is 2.38. The highest BCUT2D eigenvalue weighted by molar-refractivity contribution is 5.35. The second kappa shape index (κ2) is 3.64. The summed E-state index contributed by atoms with van der Waals surface area (Å²) < 4.78 is 25.6. The van der Waals surface area contributed by atoms with Gasteiger partial charge in [-0.15, -0.1) is 0 Å². The number of benzene rings is 1. The Bertz CT molecular complexity index is 413. The molecule has 0 fully saturated rings. The molecule has 4 heteroatoms. The number of hydrogen-bond donors (Lipinski definition) is 0. The van der Waals surface area contributed by atoms with Gasteiger partial charge >= 0.3 is 0 Å². The first-order valence-corrected chi connectivity index (χ1v) is 3.44. The molecule has 2 nitrogen and oxygen atoms in total. The average molecular weight is 178 g/mol. The van der Waals surface area contributed by atoms with E-state index in [0.29, 0.717) is 0 Å². The maximum absolute atomic E-state index is 12.9. The highest BCUT2D eigenvalue weighted by Gasteiger charge is 2.09.